The van der Waals surface area contributed by atoms with Crippen molar-refractivity contribution in [2.45, 2.75) is 9.50 Å². The number of ether oxygens (including phenoxy) is 1. The Morgan fingerprint density at radius 2 is 1.92 bits per heavy atom. The minimum atomic E-state index is 0.625. The number of anilines is 2. The summed E-state index contributed by atoms with van der Waals surface area (Å²) in [6, 6.07) is 17.3. The van der Waals surface area contributed by atoms with Gasteiger partial charge in [-0.25, -0.2) is 0 Å². The number of rotatable bonds is 6. The minimum absolute atomic E-state index is 0.625. The molecule has 4 rings (SSSR count). The monoisotopic (exact) mass is 383 g/mol. The fourth-order valence-corrected chi connectivity index (χ4v) is 3.85. The van der Waals surface area contributed by atoms with Crippen molar-refractivity contribution >= 4 is 33.9 Å². The average Bonchev–Trinajstić information content (AvgIpc) is 3.32. The van der Waals surface area contributed by atoms with Gasteiger partial charge in [-0.05, 0) is 46.5 Å². The van der Waals surface area contributed by atoms with E-state index in [0.717, 1.165) is 21.5 Å². The molecule has 10 heteroatoms. The first kappa shape index (κ1) is 16.5. The Labute approximate surface area is 157 Å². The van der Waals surface area contributed by atoms with Crippen LogP contribution in [0.3, 0.4) is 0 Å². The predicted octanol–water partition coefficient (Wildman–Crippen LogP) is 3.42. The van der Waals surface area contributed by atoms with Gasteiger partial charge >= 0.3 is 0 Å². The van der Waals surface area contributed by atoms with Gasteiger partial charge < -0.3 is 10.1 Å². The third kappa shape index (κ3) is 3.65. The van der Waals surface area contributed by atoms with Gasteiger partial charge in [0, 0.05) is 11.8 Å². The fourth-order valence-electron chi connectivity index (χ4n) is 2.18. The lowest BCUT2D eigenvalue weighted by molar-refractivity contribution is 0.415. The minimum Gasteiger partial charge on any atom is -0.497 e. The molecule has 0 atom stereocenters. The van der Waals surface area contributed by atoms with Crippen molar-refractivity contribution in [3.63, 3.8) is 0 Å². The lowest BCUT2D eigenvalue weighted by Gasteiger charge is -2.04. The first-order valence-electron chi connectivity index (χ1n) is 7.58. The van der Waals surface area contributed by atoms with Crippen molar-refractivity contribution in [2.75, 3.05) is 12.4 Å². The molecular formula is C16H13N7OS2. The van der Waals surface area contributed by atoms with E-state index in [9.17, 15) is 0 Å². The first-order valence-corrected chi connectivity index (χ1v) is 9.21. The van der Waals surface area contributed by atoms with Gasteiger partial charge in [-0.3, -0.25) is 0 Å². The highest BCUT2D eigenvalue weighted by molar-refractivity contribution is 8.00. The summed E-state index contributed by atoms with van der Waals surface area (Å²) in [4.78, 5) is 0. The number of aromatic nitrogens is 6. The second-order valence-corrected chi connectivity index (χ2v) is 7.23. The maximum Gasteiger partial charge on any atom is 0.221 e. The van der Waals surface area contributed by atoms with Gasteiger partial charge in [-0.15, -0.1) is 15.3 Å². The maximum absolute atomic E-state index is 5.22. The Bertz CT molecular complexity index is 1000. The molecule has 0 amide bonds. The van der Waals surface area contributed by atoms with E-state index < -0.39 is 0 Å². The van der Waals surface area contributed by atoms with Crippen LogP contribution in [0.2, 0.25) is 0 Å². The topological polar surface area (TPSA) is 90.6 Å². The maximum atomic E-state index is 5.22. The molecule has 26 heavy (non-hydrogen) atoms. The standard InChI is InChI=1S/C16H13N7OS2/c1-24-13-9-5-6-11(10-13)17-14-18-20-16(25-14)26-15-19-21-22-23(15)12-7-3-2-4-8-12/h2-10H,1H3,(H,17,18). The molecule has 0 saturated carbocycles. The van der Waals surface area contributed by atoms with E-state index in [1.165, 1.54) is 23.1 Å². The molecule has 2 aromatic heterocycles. The number of nitrogens with one attached hydrogen (secondary N) is 1. The molecular weight excluding hydrogens is 370 g/mol. The molecule has 4 aromatic rings. The van der Waals surface area contributed by atoms with Gasteiger partial charge in [-0.1, -0.05) is 35.6 Å². The number of methoxy groups -OCH3 is 1. The molecule has 2 heterocycles. The van der Waals surface area contributed by atoms with Gasteiger partial charge in [-0.2, -0.15) is 4.68 Å². The fraction of sp³-hybridized carbons (Fsp3) is 0.0625. The van der Waals surface area contributed by atoms with Crippen LogP contribution in [0.15, 0.2) is 64.1 Å². The predicted molar refractivity (Wildman–Crippen MR) is 99.5 cm³/mol. The number of para-hydroxylation sites is 1. The van der Waals surface area contributed by atoms with E-state index in [1.54, 1.807) is 11.8 Å². The molecule has 0 bridgehead atoms. The van der Waals surface area contributed by atoms with Gasteiger partial charge in [0.2, 0.25) is 10.3 Å². The molecule has 0 aliphatic heterocycles. The van der Waals surface area contributed by atoms with Crippen LogP contribution in [-0.4, -0.2) is 37.5 Å². The average molecular weight is 383 g/mol. The lowest BCUT2D eigenvalue weighted by Crippen LogP contribution is -1.98. The van der Waals surface area contributed by atoms with Crippen LogP contribution >= 0.6 is 23.1 Å². The van der Waals surface area contributed by atoms with Crippen LogP contribution in [0.1, 0.15) is 0 Å². The normalized spacial score (nSPS) is 10.7. The number of benzene rings is 2. The zero-order valence-electron chi connectivity index (χ0n) is 13.6. The summed E-state index contributed by atoms with van der Waals surface area (Å²) in [7, 11) is 1.63. The summed E-state index contributed by atoms with van der Waals surface area (Å²) in [6.07, 6.45) is 0. The molecule has 0 radical (unpaired) electrons. The number of tetrazole rings is 1. The van der Waals surface area contributed by atoms with Crippen molar-refractivity contribution in [2.24, 2.45) is 0 Å². The van der Waals surface area contributed by atoms with E-state index in [2.05, 4.69) is 31.0 Å². The van der Waals surface area contributed by atoms with Crippen molar-refractivity contribution in [3.05, 3.63) is 54.6 Å². The van der Waals surface area contributed by atoms with E-state index >= 15 is 0 Å². The summed E-state index contributed by atoms with van der Waals surface area (Å²) in [5, 5.41) is 24.8. The second kappa shape index (κ2) is 7.50. The zero-order valence-corrected chi connectivity index (χ0v) is 15.2. The zero-order chi connectivity index (χ0) is 17.8. The van der Waals surface area contributed by atoms with Crippen molar-refractivity contribution in [1.29, 1.82) is 0 Å². The van der Waals surface area contributed by atoms with Gasteiger partial charge in [0.1, 0.15) is 5.75 Å². The molecule has 2 aromatic carbocycles. The third-order valence-corrected chi connectivity index (χ3v) is 5.17. The van der Waals surface area contributed by atoms with Gasteiger partial charge in [0.25, 0.3) is 0 Å². The van der Waals surface area contributed by atoms with E-state index in [4.69, 9.17) is 4.74 Å². The molecule has 0 aliphatic carbocycles. The Hall–Kier alpha value is -2.98. The Morgan fingerprint density at radius 3 is 2.77 bits per heavy atom. The number of nitrogens with zero attached hydrogens (tertiary/aromatic N) is 6. The van der Waals surface area contributed by atoms with Crippen molar-refractivity contribution < 1.29 is 4.74 Å². The highest BCUT2D eigenvalue weighted by Crippen LogP contribution is 2.32. The van der Waals surface area contributed by atoms with Crippen molar-refractivity contribution in [1.82, 2.24) is 30.4 Å². The van der Waals surface area contributed by atoms with Gasteiger partial charge in [0.15, 0.2) is 4.34 Å². The summed E-state index contributed by atoms with van der Waals surface area (Å²) in [5.74, 6) is 0.774. The third-order valence-electron chi connectivity index (χ3n) is 3.35. The van der Waals surface area contributed by atoms with Crippen LogP contribution in [0.5, 0.6) is 5.75 Å². The Kier molecular flexibility index (Phi) is 4.75. The summed E-state index contributed by atoms with van der Waals surface area (Å²) < 4.78 is 7.63. The summed E-state index contributed by atoms with van der Waals surface area (Å²) in [6.45, 7) is 0. The lowest BCUT2D eigenvalue weighted by atomic mass is 10.3. The van der Waals surface area contributed by atoms with E-state index in [1.807, 2.05) is 54.6 Å². The van der Waals surface area contributed by atoms with Crippen LogP contribution in [0.25, 0.3) is 5.69 Å². The highest BCUT2D eigenvalue weighted by atomic mass is 32.2. The molecule has 1 N–H and O–H groups in total. The van der Waals surface area contributed by atoms with Crippen LogP contribution in [0, 0.1) is 0 Å². The molecule has 0 unspecified atom stereocenters. The molecule has 0 fully saturated rings. The van der Waals surface area contributed by atoms with Crippen LogP contribution in [-0.2, 0) is 0 Å². The smallest absolute Gasteiger partial charge is 0.221 e. The highest BCUT2D eigenvalue weighted by Gasteiger charge is 2.13. The molecule has 130 valence electrons. The SMILES string of the molecule is COc1cccc(Nc2nnc(Sc3nnnn3-c3ccccc3)s2)c1. The molecule has 0 spiro atoms. The van der Waals surface area contributed by atoms with E-state index in [-0.39, 0.29) is 0 Å². The van der Waals surface area contributed by atoms with E-state index in [0.29, 0.717) is 10.3 Å². The van der Waals surface area contributed by atoms with Crippen LogP contribution < -0.4 is 10.1 Å². The largest absolute Gasteiger partial charge is 0.497 e. The number of hydrogen-bond donors (Lipinski definition) is 1. The summed E-state index contributed by atoms with van der Waals surface area (Å²) in [5.41, 5.74) is 1.77. The second-order valence-electron chi connectivity index (χ2n) is 5.04. The van der Waals surface area contributed by atoms with Crippen LogP contribution in [0.4, 0.5) is 10.8 Å². The van der Waals surface area contributed by atoms with Gasteiger partial charge in [0.05, 0.1) is 12.8 Å². The molecule has 0 aliphatic rings. The summed E-state index contributed by atoms with van der Waals surface area (Å²) >= 11 is 2.79. The molecule has 0 saturated heterocycles. The first-order chi connectivity index (χ1) is 12.8. The number of hydrogen-bond acceptors (Lipinski definition) is 9. The molecule has 8 nitrogen and oxygen atoms in total. The Balaban J connectivity index is 1.50. The Morgan fingerprint density at radius 1 is 1.04 bits per heavy atom. The quantitative estimate of drug-likeness (QED) is 0.542. The van der Waals surface area contributed by atoms with Crippen molar-refractivity contribution in [3.8, 4) is 11.4 Å².